The van der Waals surface area contributed by atoms with E-state index in [2.05, 4.69) is 17.3 Å². The molecule has 2 rings (SSSR count). The van der Waals surface area contributed by atoms with Crippen LogP contribution in [-0.2, 0) is 18.3 Å². The molecule has 1 saturated heterocycles. The quantitative estimate of drug-likeness (QED) is 0.897. The zero-order valence-electron chi connectivity index (χ0n) is 10.7. The Bertz CT molecular complexity index is 397. The lowest BCUT2D eigenvalue weighted by Crippen LogP contribution is -2.36. The molecule has 2 heterocycles. The summed E-state index contributed by atoms with van der Waals surface area (Å²) in [5, 5.41) is 8.42. The summed E-state index contributed by atoms with van der Waals surface area (Å²) in [6, 6.07) is 0. The van der Waals surface area contributed by atoms with E-state index < -0.39 is 0 Å². The Labute approximate surface area is 107 Å². The Morgan fingerprint density at radius 3 is 2.88 bits per heavy atom. The third-order valence-corrected chi connectivity index (χ3v) is 3.84. The summed E-state index contributed by atoms with van der Waals surface area (Å²) in [6.07, 6.45) is 2.28. The fraction of sp³-hybridized carbons (Fsp3) is 0.750. The number of nitrogens with one attached hydrogen (secondary N) is 1. The van der Waals surface area contributed by atoms with Gasteiger partial charge < -0.3 is 10.1 Å². The maximum Gasteiger partial charge on any atom is 0.131 e. The highest BCUT2D eigenvalue weighted by molar-refractivity contribution is 6.30. The summed E-state index contributed by atoms with van der Waals surface area (Å²) in [6.45, 7) is 6.63. The van der Waals surface area contributed by atoms with Gasteiger partial charge in [0.25, 0.3) is 0 Å². The molecule has 1 unspecified atom stereocenters. The lowest BCUT2D eigenvalue weighted by molar-refractivity contribution is 0.0206. The van der Waals surface area contributed by atoms with Gasteiger partial charge in [-0.25, -0.2) is 0 Å². The lowest BCUT2D eigenvalue weighted by atomic mass is 10.0. The van der Waals surface area contributed by atoms with Crippen LogP contribution in [0.4, 0.5) is 0 Å². The van der Waals surface area contributed by atoms with Gasteiger partial charge in [-0.15, -0.1) is 0 Å². The van der Waals surface area contributed by atoms with Gasteiger partial charge in [0.05, 0.1) is 11.3 Å². The van der Waals surface area contributed by atoms with Gasteiger partial charge in [-0.2, -0.15) is 5.10 Å². The summed E-state index contributed by atoms with van der Waals surface area (Å²) < 4.78 is 7.44. The molecule has 4 nitrogen and oxygen atoms in total. The van der Waals surface area contributed by atoms with Crippen LogP contribution < -0.4 is 5.32 Å². The molecule has 1 atom stereocenters. The maximum absolute atomic E-state index is 6.17. The molecule has 1 fully saturated rings. The lowest BCUT2D eigenvalue weighted by Gasteiger charge is -2.23. The Hall–Kier alpha value is -0.580. The van der Waals surface area contributed by atoms with Crippen LogP contribution in [0.1, 0.15) is 31.0 Å². The van der Waals surface area contributed by atoms with Crippen molar-refractivity contribution in [1.82, 2.24) is 15.1 Å². The van der Waals surface area contributed by atoms with Gasteiger partial charge in [0.1, 0.15) is 5.15 Å². The van der Waals surface area contributed by atoms with E-state index >= 15 is 0 Å². The smallest absolute Gasteiger partial charge is 0.131 e. The van der Waals surface area contributed by atoms with Crippen molar-refractivity contribution < 1.29 is 4.74 Å². The van der Waals surface area contributed by atoms with Crippen molar-refractivity contribution in [1.29, 1.82) is 0 Å². The molecule has 0 amide bonds. The van der Waals surface area contributed by atoms with Gasteiger partial charge in [0, 0.05) is 32.3 Å². The average molecular weight is 258 g/mol. The third kappa shape index (κ3) is 2.81. The summed E-state index contributed by atoms with van der Waals surface area (Å²) in [4.78, 5) is 0. The summed E-state index contributed by atoms with van der Waals surface area (Å²) in [5.74, 6) is 0. The van der Waals surface area contributed by atoms with Crippen LogP contribution in [0.15, 0.2) is 0 Å². The number of rotatable bonds is 4. The molecule has 17 heavy (non-hydrogen) atoms. The van der Waals surface area contributed by atoms with E-state index in [0.29, 0.717) is 5.15 Å². The van der Waals surface area contributed by atoms with Crippen molar-refractivity contribution in [3.8, 4) is 0 Å². The monoisotopic (exact) mass is 257 g/mol. The molecule has 0 bridgehead atoms. The summed E-state index contributed by atoms with van der Waals surface area (Å²) in [5.41, 5.74) is 2.06. The standard InChI is InChI=1S/C12H20ClN3O/c1-9-10(11(13)16(3)15-9)7-14-8-12(2)5-4-6-17-12/h14H,4-8H2,1-3H3. The van der Waals surface area contributed by atoms with Gasteiger partial charge in [-0.05, 0) is 26.7 Å². The van der Waals surface area contributed by atoms with Crippen molar-refractivity contribution in [2.24, 2.45) is 7.05 Å². The second-order valence-electron chi connectivity index (χ2n) is 4.98. The van der Waals surface area contributed by atoms with E-state index in [4.69, 9.17) is 16.3 Å². The molecule has 0 spiro atoms. The normalized spacial score (nSPS) is 24.5. The van der Waals surface area contributed by atoms with E-state index in [1.54, 1.807) is 4.68 Å². The number of halogens is 1. The van der Waals surface area contributed by atoms with Crippen LogP contribution in [0.3, 0.4) is 0 Å². The second kappa shape index (κ2) is 4.96. The zero-order chi connectivity index (χ0) is 12.5. The minimum Gasteiger partial charge on any atom is -0.374 e. The molecule has 0 aliphatic carbocycles. The molecule has 0 aromatic carbocycles. The molecule has 0 saturated carbocycles. The van der Waals surface area contributed by atoms with Crippen molar-refractivity contribution in [2.45, 2.75) is 38.8 Å². The van der Waals surface area contributed by atoms with Gasteiger partial charge in [-0.1, -0.05) is 11.6 Å². The van der Waals surface area contributed by atoms with Crippen LogP contribution in [0, 0.1) is 6.92 Å². The first-order valence-corrected chi connectivity index (χ1v) is 6.42. The first-order chi connectivity index (χ1) is 8.02. The molecule has 1 aliphatic heterocycles. The minimum absolute atomic E-state index is 0.0113. The molecule has 1 N–H and O–H groups in total. The van der Waals surface area contributed by atoms with E-state index in [-0.39, 0.29) is 5.60 Å². The van der Waals surface area contributed by atoms with Crippen LogP contribution in [0.5, 0.6) is 0 Å². The van der Waals surface area contributed by atoms with Gasteiger partial charge in [0.15, 0.2) is 0 Å². The highest BCUT2D eigenvalue weighted by atomic mass is 35.5. The highest BCUT2D eigenvalue weighted by Gasteiger charge is 2.29. The van der Waals surface area contributed by atoms with E-state index in [1.165, 1.54) is 0 Å². The largest absolute Gasteiger partial charge is 0.374 e. The van der Waals surface area contributed by atoms with Crippen LogP contribution in [-0.4, -0.2) is 28.5 Å². The summed E-state index contributed by atoms with van der Waals surface area (Å²) >= 11 is 6.17. The molecular weight excluding hydrogens is 238 g/mol. The van der Waals surface area contributed by atoms with Crippen molar-refractivity contribution in [2.75, 3.05) is 13.2 Å². The van der Waals surface area contributed by atoms with Crippen molar-refractivity contribution >= 4 is 11.6 Å². The maximum atomic E-state index is 6.17. The number of aromatic nitrogens is 2. The van der Waals surface area contributed by atoms with E-state index in [9.17, 15) is 0 Å². The Kier molecular flexibility index (Phi) is 3.76. The Balaban J connectivity index is 1.89. The predicted octanol–water partition coefficient (Wildman–Crippen LogP) is 2.04. The van der Waals surface area contributed by atoms with Gasteiger partial charge in [0.2, 0.25) is 0 Å². The fourth-order valence-corrected chi connectivity index (χ4v) is 2.54. The van der Waals surface area contributed by atoms with Gasteiger partial charge >= 0.3 is 0 Å². The SMILES string of the molecule is Cc1nn(C)c(Cl)c1CNCC1(C)CCCO1. The van der Waals surface area contributed by atoms with Gasteiger partial charge in [-0.3, -0.25) is 4.68 Å². The number of hydrogen-bond donors (Lipinski definition) is 1. The molecular formula is C12H20ClN3O. The zero-order valence-corrected chi connectivity index (χ0v) is 11.5. The molecule has 1 aromatic heterocycles. The van der Waals surface area contributed by atoms with Crippen molar-refractivity contribution in [3.05, 3.63) is 16.4 Å². The molecule has 0 radical (unpaired) electrons. The number of ether oxygens (including phenoxy) is 1. The topological polar surface area (TPSA) is 39.1 Å². The molecule has 1 aliphatic rings. The van der Waals surface area contributed by atoms with Crippen molar-refractivity contribution in [3.63, 3.8) is 0 Å². The first-order valence-electron chi connectivity index (χ1n) is 6.04. The first kappa shape index (κ1) is 12.9. The molecule has 5 heteroatoms. The highest BCUT2D eigenvalue weighted by Crippen LogP contribution is 2.24. The van der Waals surface area contributed by atoms with Crippen LogP contribution >= 0.6 is 11.6 Å². The molecule has 1 aromatic rings. The Morgan fingerprint density at radius 2 is 2.35 bits per heavy atom. The number of nitrogens with zero attached hydrogens (tertiary/aromatic N) is 2. The minimum atomic E-state index is -0.0113. The van der Waals surface area contributed by atoms with Crippen LogP contribution in [0.25, 0.3) is 0 Å². The fourth-order valence-electron chi connectivity index (χ4n) is 2.30. The average Bonchev–Trinajstić information content (AvgIpc) is 2.79. The van der Waals surface area contributed by atoms with Crippen LogP contribution in [0.2, 0.25) is 5.15 Å². The third-order valence-electron chi connectivity index (χ3n) is 3.37. The second-order valence-corrected chi connectivity index (χ2v) is 5.34. The number of aryl methyl sites for hydroxylation is 2. The van der Waals surface area contributed by atoms with E-state index in [1.807, 2.05) is 14.0 Å². The van der Waals surface area contributed by atoms with E-state index in [0.717, 1.165) is 43.8 Å². The summed E-state index contributed by atoms with van der Waals surface area (Å²) in [7, 11) is 1.86. The predicted molar refractivity (Wildman–Crippen MR) is 68.3 cm³/mol. The Morgan fingerprint density at radius 1 is 1.59 bits per heavy atom. The molecule has 96 valence electrons. The number of hydrogen-bond acceptors (Lipinski definition) is 3.